The molecule has 7 nitrogen and oxygen atoms in total. The minimum atomic E-state index is -1.35. The Morgan fingerprint density at radius 2 is 2.08 bits per heavy atom. The van der Waals surface area contributed by atoms with Crippen LogP contribution < -0.4 is 9.64 Å². The highest BCUT2D eigenvalue weighted by Gasteiger charge is 2.71. The number of ether oxygens (including phenoxy) is 1. The molecule has 0 saturated carbocycles. The second-order valence-electron chi connectivity index (χ2n) is 5.93. The van der Waals surface area contributed by atoms with Crippen LogP contribution >= 0.6 is 21.6 Å². The van der Waals surface area contributed by atoms with Crippen molar-refractivity contribution in [3.63, 3.8) is 0 Å². The lowest BCUT2D eigenvalue weighted by molar-refractivity contribution is -0.149. The normalized spacial score (nSPS) is 30.5. The van der Waals surface area contributed by atoms with Gasteiger partial charge in [0, 0.05) is 20.4 Å². The molecule has 4 aliphatic rings. The molecule has 126 valence electrons. The van der Waals surface area contributed by atoms with Gasteiger partial charge in [-0.15, -0.1) is 0 Å². The van der Waals surface area contributed by atoms with Crippen LogP contribution in [0.3, 0.4) is 0 Å². The number of carbonyl (C=O) groups excluding carboxylic acids is 3. The summed E-state index contributed by atoms with van der Waals surface area (Å²) in [7, 11) is 4.03. The summed E-state index contributed by atoms with van der Waals surface area (Å²) in [6.07, 6.45) is 0.339. The summed E-state index contributed by atoms with van der Waals surface area (Å²) in [6, 6.07) is 5.16. The Kier molecular flexibility index (Phi) is 3.23. The van der Waals surface area contributed by atoms with Gasteiger partial charge in [0.1, 0.15) is 0 Å². The molecule has 0 unspecified atom stereocenters. The number of rotatable bonds is 2. The monoisotopic (exact) mass is 366 g/mol. The van der Waals surface area contributed by atoms with Crippen molar-refractivity contribution in [3.8, 4) is 5.75 Å². The lowest BCUT2D eigenvalue weighted by Crippen LogP contribution is -2.77. The molecule has 3 fully saturated rings. The molecule has 2 bridgehead atoms. The quantitative estimate of drug-likeness (QED) is 0.470. The number of amides is 2. The number of anilines is 1. The number of nitrogens with zero attached hydrogens (tertiary/aromatic N) is 2. The van der Waals surface area contributed by atoms with E-state index in [9.17, 15) is 19.5 Å². The summed E-state index contributed by atoms with van der Waals surface area (Å²) in [5, 5.41) is 9.84. The number of para-hydroxylation sites is 1. The number of piperazine rings is 1. The molecule has 1 spiro atoms. The van der Waals surface area contributed by atoms with E-state index in [0.717, 1.165) is 5.56 Å². The Balaban J connectivity index is 1.93. The molecule has 1 aromatic rings. The van der Waals surface area contributed by atoms with Crippen LogP contribution in [-0.2, 0) is 20.8 Å². The number of aliphatic hydroxyl groups excluding tert-OH is 1. The van der Waals surface area contributed by atoms with Crippen molar-refractivity contribution in [1.82, 2.24) is 4.90 Å². The fourth-order valence-corrected chi connectivity index (χ4v) is 6.94. The van der Waals surface area contributed by atoms with Gasteiger partial charge in [-0.1, -0.05) is 22.9 Å². The van der Waals surface area contributed by atoms with E-state index in [1.165, 1.54) is 45.4 Å². The molecule has 0 radical (unpaired) electrons. The fourth-order valence-electron chi connectivity index (χ4n) is 3.43. The highest BCUT2D eigenvalue weighted by molar-refractivity contribution is 8.78. The van der Waals surface area contributed by atoms with E-state index in [1.807, 2.05) is 6.07 Å². The van der Waals surface area contributed by atoms with E-state index in [1.54, 1.807) is 12.1 Å². The van der Waals surface area contributed by atoms with Gasteiger partial charge in [0.2, 0.25) is 4.87 Å². The van der Waals surface area contributed by atoms with E-state index in [-0.39, 0.29) is 17.6 Å². The number of fused-ring (bicyclic) bond motifs is 3. The Bertz CT molecular complexity index is 800. The summed E-state index contributed by atoms with van der Waals surface area (Å²) in [6.45, 7) is 0.802. The average Bonchev–Trinajstić information content (AvgIpc) is 2.90. The zero-order valence-electron chi connectivity index (χ0n) is 12.9. The number of likely N-dealkylation sites (N-methyl/N-ethyl adjacent to an activating group) is 1. The summed E-state index contributed by atoms with van der Waals surface area (Å²) in [5.74, 6) is -0.840. The van der Waals surface area contributed by atoms with Crippen LogP contribution in [0.5, 0.6) is 5.75 Å². The van der Waals surface area contributed by atoms with Gasteiger partial charge in [-0.05, 0) is 22.4 Å². The summed E-state index contributed by atoms with van der Waals surface area (Å²) < 4.78 is 5.25. The van der Waals surface area contributed by atoms with Crippen molar-refractivity contribution in [3.05, 3.63) is 23.8 Å². The second-order valence-corrected chi connectivity index (χ2v) is 8.62. The van der Waals surface area contributed by atoms with Gasteiger partial charge in [0.05, 0.1) is 12.3 Å². The van der Waals surface area contributed by atoms with Crippen LogP contribution in [-0.4, -0.2) is 51.2 Å². The topological polar surface area (TPSA) is 87.1 Å². The van der Waals surface area contributed by atoms with Crippen LogP contribution in [0.15, 0.2) is 18.2 Å². The van der Waals surface area contributed by atoms with Crippen LogP contribution in [0.4, 0.5) is 5.69 Å². The minimum absolute atomic E-state index is 0.232. The maximum absolute atomic E-state index is 13.2. The predicted molar refractivity (Wildman–Crippen MR) is 89.4 cm³/mol. The zero-order chi connectivity index (χ0) is 17.3. The molecular weight excluding hydrogens is 352 g/mol. The minimum Gasteiger partial charge on any atom is -0.424 e. The third kappa shape index (κ3) is 1.67. The number of aliphatic hydroxyl groups is 1. The lowest BCUT2D eigenvalue weighted by atomic mass is 10.0. The molecule has 1 N–H and O–H groups in total. The van der Waals surface area contributed by atoms with E-state index >= 15 is 0 Å². The molecule has 1 aromatic carbocycles. The summed E-state index contributed by atoms with van der Waals surface area (Å²) in [4.78, 5) is 37.9. The van der Waals surface area contributed by atoms with E-state index in [0.29, 0.717) is 12.1 Å². The lowest BCUT2D eigenvalue weighted by Gasteiger charge is -2.57. The first kappa shape index (κ1) is 15.8. The highest BCUT2D eigenvalue weighted by Crippen LogP contribution is 2.64. The van der Waals surface area contributed by atoms with Crippen LogP contribution in [0.1, 0.15) is 12.5 Å². The molecule has 3 saturated heterocycles. The third-order valence-corrected chi connectivity index (χ3v) is 8.22. The van der Waals surface area contributed by atoms with Gasteiger partial charge in [-0.25, -0.2) is 0 Å². The first-order valence-electron chi connectivity index (χ1n) is 7.28. The number of hydrogen-bond donors (Lipinski definition) is 1. The van der Waals surface area contributed by atoms with E-state index in [2.05, 4.69) is 0 Å². The molecule has 4 aliphatic heterocycles. The van der Waals surface area contributed by atoms with Gasteiger partial charge < -0.3 is 14.7 Å². The molecule has 2 amide bonds. The molecule has 9 heteroatoms. The Morgan fingerprint density at radius 3 is 2.75 bits per heavy atom. The first-order valence-corrected chi connectivity index (χ1v) is 9.43. The average molecular weight is 366 g/mol. The number of benzene rings is 1. The molecular formula is C15H14N2O5S2. The number of carbonyl (C=O) groups is 3. The zero-order valence-corrected chi connectivity index (χ0v) is 14.6. The third-order valence-electron chi connectivity index (χ3n) is 4.60. The maximum Gasteiger partial charge on any atom is 0.308 e. The number of esters is 1. The van der Waals surface area contributed by atoms with Gasteiger partial charge in [0.15, 0.2) is 10.6 Å². The standard InChI is InChI=1S/C15H14N2O5S2/c1-8(19)22-10-5-3-4-9-6-14-12(20)16(2)15(7-18,24-23-14)13(21)17(14)11(9)10/h3-5,18H,6-7H2,1-2H3/t14-,15+/m1/s1. The predicted octanol–water partition coefficient (Wildman–Crippen LogP) is 0.753. The van der Waals surface area contributed by atoms with Gasteiger partial charge in [-0.3, -0.25) is 19.3 Å². The SMILES string of the molecule is CC(=O)Oc1cccc2c1N1C(=O)[C@]3(CO)SS[C@]1(C2)C(=O)N3C. The van der Waals surface area contributed by atoms with Crippen molar-refractivity contribution in [2.24, 2.45) is 0 Å². The summed E-state index contributed by atoms with van der Waals surface area (Å²) >= 11 is 0. The Hall–Kier alpha value is -1.71. The second kappa shape index (κ2) is 4.90. The number of hydrogen-bond acceptors (Lipinski definition) is 7. The van der Waals surface area contributed by atoms with Crippen molar-refractivity contribution in [2.45, 2.75) is 23.1 Å². The molecule has 24 heavy (non-hydrogen) atoms. The van der Waals surface area contributed by atoms with Gasteiger partial charge in [0.25, 0.3) is 11.8 Å². The first-order chi connectivity index (χ1) is 11.4. The van der Waals surface area contributed by atoms with Crippen molar-refractivity contribution >= 4 is 45.1 Å². The van der Waals surface area contributed by atoms with E-state index < -0.39 is 22.3 Å². The van der Waals surface area contributed by atoms with Crippen molar-refractivity contribution in [1.29, 1.82) is 0 Å². The Morgan fingerprint density at radius 1 is 1.33 bits per heavy atom. The largest absolute Gasteiger partial charge is 0.424 e. The molecule has 2 atom stereocenters. The van der Waals surface area contributed by atoms with E-state index in [4.69, 9.17) is 4.74 Å². The Labute approximate surface area is 145 Å². The van der Waals surface area contributed by atoms with Crippen LogP contribution in [0, 0.1) is 0 Å². The smallest absolute Gasteiger partial charge is 0.308 e. The molecule has 0 aliphatic carbocycles. The van der Waals surface area contributed by atoms with Gasteiger partial charge >= 0.3 is 5.97 Å². The fraction of sp³-hybridized carbons (Fsp3) is 0.400. The molecule has 0 aromatic heterocycles. The molecule has 5 rings (SSSR count). The van der Waals surface area contributed by atoms with Gasteiger partial charge in [-0.2, -0.15) is 0 Å². The van der Waals surface area contributed by atoms with Crippen molar-refractivity contribution < 1.29 is 24.2 Å². The highest BCUT2D eigenvalue weighted by atomic mass is 33.1. The van der Waals surface area contributed by atoms with Crippen molar-refractivity contribution in [2.75, 3.05) is 18.6 Å². The van der Waals surface area contributed by atoms with Crippen LogP contribution in [0.2, 0.25) is 0 Å². The summed E-state index contributed by atoms with van der Waals surface area (Å²) in [5.41, 5.74) is 1.22. The van der Waals surface area contributed by atoms with Crippen LogP contribution in [0.25, 0.3) is 0 Å². The molecule has 4 heterocycles. The maximum atomic E-state index is 13.2.